The second kappa shape index (κ2) is 9.49. The zero-order valence-corrected chi connectivity index (χ0v) is 17.9. The molecule has 3 aromatic carbocycles. The fourth-order valence-corrected chi connectivity index (χ4v) is 4.34. The Hall–Kier alpha value is -3.58. The summed E-state index contributed by atoms with van der Waals surface area (Å²) in [5.74, 6) is 1.64. The summed E-state index contributed by atoms with van der Waals surface area (Å²) >= 11 is 1.50. The molecule has 1 amide bonds. The van der Waals surface area contributed by atoms with Crippen LogP contribution in [0.3, 0.4) is 0 Å². The second-order valence-electron chi connectivity index (χ2n) is 6.88. The number of ether oxygens (including phenoxy) is 1. The van der Waals surface area contributed by atoms with Gasteiger partial charge in [0.05, 0.1) is 12.8 Å². The number of hydrogen-bond acceptors (Lipinski definition) is 5. The van der Waals surface area contributed by atoms with Crippen molar-refractivity contribution in [1.29, 1.82) is 0 Å². The molecule has 156 valence electrons. The van der Waals surface area contributed by atoms with Crippen molar-refractivity contribution in [2.45, 2.75) is 17.3 Å². The number of nitrogens with zero attached hydrogens (tertiary/aromatic N) is 3. The maximum atomic E-state index is 11.8. The molecule has 0 bridgehead atoms. The summed E-state index contributed by atoms with van der Waals surface area (Å²) in [7, 11) is 1.65. The minimum Gasteiger partial charge on any atom is -0.495 e. The zero-order valence-electron chi connectivity index (χ0n) is 17.1. The predicted octanol–water partition coefficient (Wildman–Crippen LogP) is 4.26. The van der Waals surface area contributed by atoms with Gasteiger partial charge in [-0.15, -0.1) is 10.2 Å². The van der Waals surface area contributed by atoms with Crippen molar-refractivity contribution >= 4 is 17.7 Å². The van der Waals surface area contributed by atoms with Crippen LogP contribution < -0.4 is 10.5 Å². The quantitative estimate of drug-likeness (QED) is 0.422. The number of rotatable bonds is 8. The van der Waals surface area contributed by atoms with Crippen molar-refractivity contribution in [3.63, 3.8) is 0 Å². The van der Waals surface area contributed by atoms with E-state index < -0.39 is 5.91 Å². The molecular formula is C24H22N4O2S. The smallest absolute Gasteiger partial charge is 0.249 e. The molecule has 0 aliphatic rings. The van der Waals surface area contributed by atoms with E-state index in [1.54, 1.807) is 13.2 Å². The molecule has 0 saturated heterocycles. The molecule has 7 heteroatoms. The molecule has 31 heavy (non-hydrogen) atoms. The summed E-state index contributed by atoms with van der Waals surface area (Å²) in [6.07, 6.45) is 0.629. The minimum atomic E-state index is -0.438. The fourth-order valence-electron chi connectivity index (χ4n) is 3.37. The van der Waals surface area contributed by atoms with Gasteiger partial charge in [0.2, 0.25) is 5.91 Å². The molecule has 0 saturated carbocycles. The minimum absolute atomic E-state index is 0.438. The molecular weight excluding hydrogens is 408 g/mol. The lowest BCUT2D eigenvalue weighted by atomic mass is 10.1. The topological polar surface area (TPSA) is 83.0 Å². The number of aromatic nitrogens is 3. The molecule has 2 N–H and O–H groups in total. The van der Waals surface area contributed by atoms with Crippen LogP contribution in [0.15, 0.2) is 84.0 Å². The van der Waals surface area contributed by atoms with E-state index in [9.17, 15) is 4.79 Å². The molecule has 4 aromatic rings. The van der Waals surface area contributed by atoms with Crippen molar-refractivity contribution in [1.82, 2.24) is 14.8 Å². The van der Waals surface area contributed by atoms with Crippen molar-refractivity contribution in [2.24, 2.45) is 5.73 Å². The average molecular weight is 431 g/mol. The normalized spacial score (nSPS) is 10.7. The van der Waals surface area contributed by atoms with Crippen LogP contribution in [0.2, 0.25) is 0 Å². The van der Waals surface area contributed by atoms with Gasteiger partial charge in [-0.25, -0.2) is 0 Å². The van der Waals surface area contributed by atoms with E-state index in [0.29, 0.717) is 17.7 Å². The Balaban J connectivity index is 1.72. The number of carbonyl (C=O) groups is 1. The highest BCUT2D eigenvalue weighted by Gasteiger charge is 2.18. The van der Waals surface area contributed by atoms with E-state index in [0.717, 1.165) is 33.5 Å². The van der Waals surface area contributed by atoms with Crippen LogP contribution in [0.25, 0.3) is 5.69 Å². The number of methoxy groups -OCH3 is 1. The van der Waals surface area contributed by atoms with Crippen LogP contribution in [0.4, 0.5) is 0 Å². The van der Waals surface area contributed by atoms with Gasteiger partial charge in [-0.1, -0.05) is 72.4 Å². The number of primary amides is 1. The van der Waals surface area contributed by atoms with Crippen LogP contribution in [0.5, 0.6) is 5.75 Å². The van der Waals surface area contributed by atoms with Gasteiger partial charge < -0.3 is 10.5 Å². The summed E-state index contributed by atoms with van der Waals surface area (Å²) in [6, 6.07) is 25.3. The molecule has 0 radical (unpaired) electrons. The monoisotopic (exact) mass is 430 g/mol. The van der Waals surface area contributed by atoms with Gasteiger partial charge in [-0.3, -0.25) is 9.36 Å². The Kier molecular flexibility index (Phi) is 6.33. The Morgan fingerprint density at radius 2 is 1.68 bits per heavy atom. The SMILES string of the molecule is COc1ccccc1-n1c(Cc2ccccc2)nnc1SCc1ccccc1C(N)=O. The van der Waals surface area contributed by atoms with Gasteiger partial charge in [0.1, 0.15) is 11.6 Å². The van der Waals surface area contributed by atoms with Gasteiger partial charge in [0.15, 0.2) is 5.16 Å². The van der Waals surface area contributed by atoms with E-state index in [1.165, 1.54) is 11.8 Å². The number of benzene rings is 3. The lowest BCUT2D eigenvalue weighted by molar-refractivity contribution is 0.0999. The zero-order chi connectivity index (χ0) is 21.6. The van der Waals surface area contributed by atoms with Crippen LogP contribution in [0, 0.1) is 0 Å². The number of thioether (sulfide) groups is 1. The standard InChI is InChI=1S/C24H22N4O2S/c1-30-21-14-8-7-13-20(21)28-22(15-17-9-3-2-4-10-17)26-27-24(28)31-16-18-11-5-6-12-19(18)23(25)29/h2-14H,15-16H2,1H3,(H2,25,29). The third kappa shape index (κ3) is 4.62. The molecule has 0 fully saturated rings. The van der Waals surface area contributed by atoms with Crippen LogP contribution in [-0.4, -0.2) is 27.8 Å². The van der Waals surface area contributed by atoms with Gasteiger partial charge in [-0.05, 0) is 29.3 Å². The molecule has 6 nitrogen and oxygen atoms in total. The first kappa shape index (κ1) is 20.7. The molecule has 4 rings (SSSR count). The van der Waals surface area contributed by atoms with Gasteiger partial charge in [0.25, 0.3) is 0 Å². The number of nitrogens with two attached hydrogens (primary N) is 1. The van der Waals surface area contributed by atoms with Crippen molar-refractivity contribution in [3.8, 4) is 11.4 Å². The van der Waals surface area contributed by atoms with E-state index in [4.69, 9.17) is 10.5 Å². The lowest BCUT2D eigenvalue weighted by Gasteiger charge is -2.14. The molecule has 0 atom stereocenters. The predicted molar refractivity (Wildman–Crippen MR) is 122 cm³/mol. The molecule has 0 aliphatic carbocycles. The van der Waals surface area contributed by atoms with E-state index in [2.05, 4.69) is 22.3 Å². The van der Waals surface area contributed by atoms with E-state index >= 15 is 0 Å². The van der Waals surface area contributed by atoms with Gasteiger partial charge in [-0.2, -0.15) is 0 Å². The van der Waals surface area contributed by atoms with E-state index in [1.807, 2.05) is 65.2 Å². The van der Waals surface area contributed by atoms with E-state index in [-0.39, 0.29) is 0 Å². The first-order chi connectivity index (χ1) is 15.2. The van der Waals surface area contributed by atoms with Gasteiger partial charge >= 0.3 is 0 Å². The number of hydrogen-bond donors (Lipinski definition) is 1. The highest BCUT2D eigenvalue weighted by Crippen LogP contribution is 2.31. The second-order valence-corrected chi connectivity index (χ2v) is 7.82. The van der Waals surface area contributed by atoms with Crippen LogP contribution in [0.1, 0.15) is 27.3 Å². The highest BCUT2D eigenvalue weighted by atomic mass is 32.2. The molecule has 0 unspecified atom stereocenters. The molecule has 0 spiro atoms. The Morgan fingerprint density at radius 3 is 2.45 bits per heavy atom. The summed E-state index contributed by atoms with van der Waals surface area (Å²) in [5.41, 5.74) is 8.92. The number of para-hydroxylation sites is 2. The van der Waals surface area contributed by atoms with Crippen LogP contribution >= 0.6 is 11.8 Å². The van der Waals surface area contributed by atoms with Crippen molar-refractivity contribution in [3.05, 3.63) is 101 Å². The largest absolute Gasteiger partial charge is 0.495 e. The Labute approximate surface area is 185 Å². The van der Waals surface area contributed by atoms with Crippen molar-refractivity contribution in [2.75, 3.05) is 7.11 Å². The molecule has 1 heterocycles. The highest BCUT2D eigenvalue weighted by molar-refractivity contribution is 7.98. The number of carbonyl (C=O) groups excluding carboxylic acids is 1. The third-order valence-corrected chi connectivity index (χ3v) is 5.85. The molecule has 0 aliphatic heterocycles. The average Bonchev–Trinajstić information content (AvgIpc) is 3.20. The number of amides is 1. The fraction of sp³-hybridized carbons (Fsp3) is 0.125. The van der Waals surface area contributed by atoms with Crippen LogP contribution in [-0.2, 0) is 12.2 Å². The first-order valence-electron chi connectivity index (χ1n) is 9.79. The summed E-state index contributed by atoms with van der Waals surface area (Å²) in [6.45, 7) is 0. The molecule has 1 aromatic heterocycles. The third-order valence-electron chi connectivity index (χ3n) is 4.87. The maximum Gasteiger partial charge on any atom is 0.249 e. The lowest BCUT2D eigenvalue weighted by Crippen LogP contribution is -2.13. The summed E-state index contributed by atoms with van der Waals surface area (Å²) < 4.78 is 7.61. The van der Waals surface area contributed by atoms with Gasteiger partial charge in [0, 0.05) is 17.7 Å². The first-order valence-corrected chi connectivity index (χ1v) is 10.8. The summed E-state index contributed by atoms with van der Waals surface area (Å²) in [4.78, 5) is 11.8. The Bertz CT molecular complexity index is 1190. The Morgan fingerprint density at radius 1 is 0.968 bits per heavy atom. The van der Waals surface area contributed by atoms with Crippen molar-refractivity contribution < 1.29 is 9.53 Å². The maximum absolute atomic E-state index is 11.8. The summed E-state index contributed by atoms with van der Waals surface area (Å²) in [5, 5.41) is 9.65.